The first-order valence-corrected chi connectivity index (χ1v) is 8.44. The zero-order valence-corrected chi connectivity index (χ0v) is 15.1. The Morgan fingerprint density at radius 1 is 1.00 bits per heavy atom. The average Bonchev–Trinajstić information content (AvgIpc) is 2.99. The zero-order chi connectivity index (χ0) is 18.1. The fourth-order valence-electron chi connectivity index (χ4n) is 3.10. The molecule has 0 atom stereocenters. The predicted molar refractivity (Wildman–Crippen MR) is 99.3 cm³/mol. The van der Waals surface area contributed by atoms with E-state index < -0.39 is 0 Å². The van der Waals surface area contributed by atoms with Gasteiger partial charge in [-0.25, -0.2) is 4.79 Å². The van der Waals surface area contributed by atoms with E-state index in [1.54, 1.807) is 7.05 Å². The van der Waals surface area contributed by atoms with Crippen molar-refractivity contribution < 1.29 is 0 Å². The number of aromatic nitrogens is 4. The topological polar surface area (TPSA) is 65.1 Å². The fourth-order valence-corrected chi connectivity index (χ4v) is 3.10. The number of aryl methyl sites for hydroxylation is 1. The summed E-state index contributed by atoms with van der Waals surface area (Å²) in [5, 5.41) is 0. The first kappa shape index (κ1) is 17.0. The maximum absolute atomic E-state index is 12.8. The lowest BCUT2D eigenvalue weighted by molar-refractivity contribution is 0.701. The Balaban J connectivity index is 2.36. The van der Waals surface area contributed by atoms with Crippen LogP contribution in [-0.4, -0.2) is 31.8 Å². The standard InChI is InChI=1S/C18H23N5O2/c1-5-22(6-2)17-19-15-14(16(24)21(4)18(25)20(15)3)23(17)12-13-10-8-7-9-11-13/h7-11H,5-6,12H2,1-4H3. The van der Waals surface area contributed by atoms with Crippen molar-refractivity contribution in [1.82, 2.24) is 18.7 Å². The van der Waals surface area contributed by atoms with Gasteiger partial charge in [0.1, 0.15) is 0 Å². The molecule has 2 aromatic heterocycles. The molecule has 7 heteroatoms. The Labute approximate surface area is 145 Å². The molecular formula is C18H23N5O2. The lowest BCUT2D eigenvalue weighted by Gasteiger charge is -2.21. The molecule has 2 heterocycles. The van der Waals surface area contributed by atoms with Crippen LogP contribution in [0.15, 0.2) is 39.9 Å². The molecule has 1 aromatic carbocycles. The van der Waals surface area contributed by atoms with Crippen LogP contribution in [0.4, 0.5) is 5.95 Å². The number of nitrogens with zero attached hydrogens (tertiary/aromatic N) is 5. The molecule has 0 radical (unpaired) electrons. The highest BCUT2D eigenvalue weighted by molar-refractivity contribution is 5.74. The number of benzene rings is 1. The van der Waals surface area contributed by atoms with Crippen LogP contribution >= 0.6 is 0 Å². The van der Waals surface area contributed by atoms with E-state index in [4.69, 9.17) is 0 Å². The molecule has 0 aliphatic carbocycles. The van der Waals surface area contributed by atoms with Crippen molar-refractivity contribution in [2.75, 3.05) is 18.0 Å². The number of imidazole rings is 1. The van der Waals surface area contributed by atoms with E-state index >= 15 is 0 Å². The number of hydrogen-bond donors (Lipinski definition) is 0. The molecule has 0 aliphatic heterocycles. The van der Waals surface area contributed by atoms with Crippen LogP contribution in [-0.2, 0) is 20.6 Å². The third-order valence-electron chi connectivity index (χ3n) is 4.56. The maximum atomic E-state index is 12.8. The van der Waals surface area contributed by atoms with Crippen molar-refractivity contribution >= 4 is 17.1 Å². The largest absolute Gasteiger partial charge is 0.343 e. The summed E-state index contributed by atoms with van der Waals surface area (Å²) in [5.41, 5.74) is 1.26. The predicted octanol–water partition coefficient (Wildman–Crippen LogP) is 1.33. The lowest BCUT2D eigenvalue weighted by Crippen LogP contribution is -2.37. The van der Waals surface area contributed by atoms with Crippen LogP contribution in [0.25, 0.3) is 11.2 Å². The van der Waals surface area contributed by atoms with Gasteiger partial charge in [0, 0.05) is 27.2 Å². The Morgan fingerprint density at radius 3 is 2.24 bits per heavy atom. The van der Waals surface area contributed by atoms with Crippen molar-refractivity contribution in [3.63, 3.8) is 0 Å². The molecule has 0 unspecified atom stereocenters. The van der Waals surface area contributed by atoms with Crippen LogP contribution in [0, 0.1) is 0 Å². The van der Waals surface area contributed by atoms with Gasteiger partial charge in [-0.1, -0.05) is 30.3 Å². The Morgan fingerprint density at radius 2 is 1.64 bits per heavy atom. The van der Waals surface area contributed by atoms with Crippen LogP contribution in [0.2, 0.25) is 0 Å². The van der Waals surface area contributed by atoms with Gasteiger partial charge in [0.25, 0.3) is 5.56 Å². The zero-order valence-electron chi connectivity index (χ0n) is 15.1. The molecular weight excluding hydrogens is 318 g/mol. The Hall–Kier alpha value is -2.83. The smallest absolute Gasteiger partial charge is 0.332 e. The average molecular weight is 341 g/mol. The maximum Gasteiger partial charge on any atom is 0.332 e. The van der Waals surface area contributed by atoms with Crippen molar-refractivity contribution in [1.29, 1.82) is 0 Å². The molecule has 0 aliphatic rings. The second-order valence-corrected chi connectivity index (χ2v) is 6.03. The molecule has 0 N–H and O–H groups in total. The molecule has 0 fully saturated rings. The molecule has 7 nitrogen and oxygen atoms in total. The summed E-state index contributed by atoms with van der Waals surface area (Å²) in [6.07, 6.45) is 0. The third-order valence-corrected chi connectivity index (χ3v) is 4.56. The second-order valence-electron chi connectivity index (χ2n) is 6.03. The van der Waals surface area contributed by atoms with Gasteiger partial charge < -0.3 is 4.90 Å². The molecule has 0 bridgehead atoms. The van der Waals surface area contributed by atoms with Gasteiger partial charge in [-0.2, -0.15) is 4.98 Å². The molecule has 25 heavy (non-hydrogen) atoms. The van der Waals surface area contributed by atoms with Crippen molar-refractivity contribution in [3.8, 4) is 0 Å². The molecule has 0 spiro atoms. The Bertz CT molecular complexity index is 1010. The lowest BCUT2D eigenvalue weighted by atomic mass is 10.2. The molecule has 0 saturated carbocycles. The number of hydrogen-bond acceptors (Lipinski definition) is 4. The van der Waals surface area contributed by atoms with Crippen molar-refractivity contribution in [2.45, 2.75) is 20.4 Å². The van der Waals surface area contributed by atoms with Gasteiger partial charge in [0.2, 0.25) is 5.95 Å². The molecule has 3 rings (SSSR count). The minimum Gasteiger partial charge on any atom is -0.343 e. The molecule has 0 saturated heterocycles. The summed E-state index contributed by atoms with van der Waals surface area (Å²) in [4.78, 5) is 31.8. The fraction of sp³-hybridized carbons (Fsp3) is 0.389. The summed E-state index contributed by atoms with van der Waals surface area (Å²) < 4.78 is 4.49. The van der Waals surface area contributed by atoms with E-state index in [2.05, 4.69) is 9.88 Å². The quantitative estimate of drug-likeness (QED) is 0.702. The van der Waals surface area contributed by atoms with Crippen molar-refractivity contribution in [2.24, 2.45) is 14.1 Å². The number of fused-ring (bicyclic) bond motifs is 1. The highest BCUT2D eigenvalue weighted by Gasteiger charge is 2.21. The summed E-state index contributed by atoms with van der Waals surface area (Å²) in [5.74, 6) is 0.710. The van der Waals surface area contributed by atoms with Gasteiger partial charge in [0.05, 0.1) is 6.54 Å². The third kappa shape index (κ3) is 2.75. The van der Waals surface area contributed by atoms with E-state index in [1.165, 1.54) is 11.6 Å². The van der Waals surface area contributed by atoms with Gasteiger partial charge in [-0.05, 0) is 19.4 Å². The minimum absolute atomic E-state index is 0.320. The SMILES string of the molecule is CCN(CC)c1nc2c(c(=O)n(C)c(=O)n2C)n1Cc1ccccc1. The summed E-state index contributed by atoms with van der Waals surface area (Å²) in [7, 11) is 3.15. The molecule has 0 amide bonds. The van der Waals surface area contributed by atoms with Crippen LogP contribution in [0.1, 0.15) is 19.4 Å². The first-order valence-electron chi connectivity index (χ1n) is 8.44. The first-order chi connectivity index (χ1) is 12.0. The molecule has 132 valence electrons. The van der Waals surface area contributed by atoms with E-state index in [0.717, 1.165) is 23.2 Å². The molecule has 3 aromatic rings. The number of anilines is 1. The van der Waals surface area contributed by atoms with E-state index in [9.17, 15) is 9.59 Å². The van der Waals surface area contributed by atoms with Crippen molar-refractivity contribution in [3.05, 3.63) is 56.7 Å². The van der Waals surface area contributed by atoms with Crippen LogP contribution in [0.3, 0.4) is 0 Å². The minimum atomic E-state index is -0.368. The van der Waals surface area contributed by atoms with Gasteiger partial charge >= 0.3 is 5.69 Å². The summed E-state index contributed by atoms with van der Waals surface area (Å²) >= 11 is 0. The summed E-state index contributed by atoms with van der Waals surface area (Å²) in [6.45, 7) is 6.15. The second kappa shape index (κ2) is 6.58. The number of rotatable bonds is 5. The Kier molecular flexibility index (Phi) is 4.48. The van der Waals surface area contributed by atoms with E-state index in [-0.39, 0.29) is 11.2 Å². The van der Waals surface area contributed by atoms with Crippen LogP contribution in [0.5, 0.6) is 0 Å². The van der Waals surface area contributed by atoms with E-state index in [0.29, 0.717) is 23.7 Å². The van der Waals surface area contributed by atoms with Gasteiger partial charge in [0.15, 0.2) is 11.2 Å². The van der Waals surface area contributed by atoms with E-state index in [1.807, 2.05) is 48.7 Å². The monoisotopic (exact) mass is 341 g/mol. The summed E-state index contributed by atoms with van der Waals surface area (Å²) in [6, 6.07) is 9.94. The highest BCUT2D eigenvalue weighted by atomic mass is 16.2. The normalized spacial score (nSPS) is 11.2. The van der Waals surface area contributed by atoms with Gasteiger partial charge in [-0.3, -0.25) is 18.5 Å². The van der Waals surface area contributed by atoms with Crippen LogP contribution < -0.4 is 16.1 Å². The highest BCUT2D eigenvalue weighted by Crippen LogP contribution is 2.21. The van der Waals surface area contributed by atoms with Gasteiger partial charge in [-0.15, -0.1) is 0 Å².